The predicted molar refractivity (Wildman–Crippen MR) is 62.0 cm³/mol. The summed E-state index contributed by atoms with van der Waals surface area (Å²) in [5.41, 5.74) is 0. The van der Waals surface area contributed by atoms with E-state index in [-0.39, 0.29) is 23.6 Å². The SMILES string of the molecule is CCNC(=O)CCNC(=O)C1CCC(=O)NC1. The Balaban J connectivity index is 2.16. The standard InChI is InChI=1S/C11H19N3O3/c1-2-12-10(16)5-6-13-11(17)8-3-4-9(15)14-7-8/h8H,2-7H2,1H3,(H,12,16)(H,13,17)(H,14,15). The topological polar surface area (TPSA) is 87.3 Å². The van der Waals surface area contributed by atoms with E-state index in [1.807, 2.05) is 6.92 Å². The number of carbonyl (C=O) groups is 3. The third-order valence-corrected chi connectivity index (χ3v) is 2.66. The normalized spacial score (nSPS) is 19.4. The lowest BCUT2D eigenvalue weighted by molar-refractivity contribution is -0.128. The lowest BCUT2D eigenvalue weighted by Crippen LogP contribution is -2.43. The molecule has 0 bridgehead atoms. The van der Waals surface area contributed by atoms with Gasteiger partial charge in [0.15, 0.2) is 0 Å². The summed E-state index contributed by atoms with van der Waals surface area (Å²) in [4.78, 5) is 33.7. The van der Waals surface area contributed by atoms with Crippen LogP contribution in [-0.4, -0.2) is 37.4 Å². The Morgan fingerprint density at radius 2 is 2.18 bits per heavy atom. The lowest BCUT2D eigenvalue weighted by atomic mass is 9.98. The average Bonchev–Trinajstić information content (AvgIpc) is 2.30. The van der Waals surface area contributed by atoms with Crippen molar-refractivity contribution in [2.24, 2.45) is 5.92 Å². The summed E-state index contributed by atoms with van der Waals surface area (Å²) in [6.07, 6.45) is 1.27. The van der Waals surface area contributed by atoms with Crippen molar-refractivity contribution in [3.63, 3.8) is 0 Å². The van der Waals surface area contributed by atoms with Gasteiger partial charge < -0.3 is 16.0 Å². The molecule has 1 fully saturated rings. The zero-order valence-electron chi connectivity index (χ0n) is 10.0. The van der Waals surface area contributed by atoms with E-state index < -0.39 is 0 Å². The fourth-order valence-corrected chi connectivity index (χ4v) is 1.69. The van der Waals surface area contributed by atoms with Crippen LogP contribution in [0.25, 0.3) is 0 Å². The maximum Gasteiger partial charge on any atom is 0.224 e. The average molecular weight is 241 g/mol. The van der Waals surface area contributed by atoms with E-state index in [2.05, 4.69) is 16.0 Å². The summed E-state index contributed by atoms with van der Waals surface area (Å²) < 4.78 is 0. The maximum absolute atomic E-state index is 11.7. The predicted octanol–water partition coefficient (Wildman–Crippen LogP) is -0.845. The second-order valence-corrected chi connectivity index (χ2v) is 4.03. The van der Waals surface area contributed by atoms with Crippen molar-refractivity contribution in [3.05, 3.63) is 0 Å². The Hall–Kier alpha value is -1.59. The molecule has 6 heteroatoms. The van der Waals surface area contributed by atoms with Gasteiger partial charge in [0, 0.05) is 32.5 Å². The van der Waals surface area contributed by atoms with E-state index in [9.17, 15) is 14.4 Å². The van der Waals surface area contributed by atoms with E-state index in [0.717, 1.165) is 0 Å². The van der Waals surface area contributed by atoms with Crippen LogP contribution in [0.3, 0.4) is 0 Å². The van der Waals surface area contributed by atoms with Crippen molar-refractivity contribution < 1.29 is 14.4 Å². The van der Waals surface area contributed by atoms with Crippen LogP contribution in [-0.2, 0) is 14.4 Å². The quantitative estimate of drug-likeness (QED) is 0.586. The number of amides is 3. The minimum absolute atomic E-state index is 0.00336. The molecule has 1 aliphatic heterocycles. The fraction of sp³-hybridized carbons (Fsp3) is 0.727. The van der Waals surface area contributed by atoms with Gasteiger partial charge in [-0.15, -0.1) is 0 Å². The molecule has 1 rings (SSSR count). The summed E-state index contributed by atoms with van der Waals surface area (Å²) in [7, 11) is 0. The minimum atomic E-state index is -0.165. The molecule has 0 aromatic carbocycles. The third-order valence-electron chi connectivity index (χ3n) is 2.66. The highest BCUT2D eigenvalue weighted by molar-refractivity contribution is 5.84. The molecule has 1 aliphatic rings. The van der Waals surface area contributed by atoms with Gasteiger partial charge in [0.2, 0.25) is 17.7 Å². The van der Waals surface area contributed by atoms with E-state index >= 15 is 0 Å². The van der Waals surface area contributed by atoms with Gasteiger partial charge in [-0.3, -0.25) is 14.4 Å². The van der Waals surface area contributed by atoms with Gasteiger partial charge in [-0.1, -0.05) is 0 Å². The molecule has 0 spiro atoms. The van der Waals surface area contributed by atoms with E-state index in [0.29, 0.717) is 38.9 Å². The van der Waals surface area contributed by atoms with Crippen LogP contribution >= 0.6 is 0 Å². The lowest BCUT2D eigenvalue weighted by Gasteiger charge is -2.21. The van der Waals surface area contributed by atoms with Gasteiger partial charge in [-0.2, -0.15) is 0 Å². The van der Waals surface area contributed by atoms with Crippen molar-refractivity contribution in [2.45, 2.75) is 26.2 Å². The van der Waals surface area contributed by atoms with Gasteiger partial charge in [0.05, 0.1) is 5.92 Å². The van der Waals surface area contributed by atoms with Crippen LogP contribution in [0.15, 0.2) is 0 Å². The number of carbonyl (C=O) groups excluding carboxylic acids is 3. The molecule has 0 aliphatic carbocycles. The Kier molecular flexibility index (Phi) is 5.45. The molecule has 96 valence electrons. The molecule has 0 saturated carbocycles. The highest BCUT2D eigenvalue weighted by atomic mass is 16.2. The number of nitrogens with one attached hydrogen (secondary N) is 3. The fourth-order valence-electron chi connectivity index (χ4n) is 1.69. The first-order chi connectivity index (χ1) is 8.13. The molecular weight excluding hydrogens is 222 g/mol. The number of piperidine rings is 1. The van der Waals surface area contributed by atoms with Gasteiger partial charge in [-0.05, 0) is 13.3 Å². The Morgan fingerprint density at radius 3 is 2.76 bits per heavy atom. The van der Waals surface area contributed by atoms with Crippen molar-refractivity contribution in [1.29, 1.82) is 0 Å². The van der Waals surface area contributed by atoms with Gasteiger partial charge in [0.1, 0.15) is 0 Å². The molecule has 6 nitrogen and oxygen atoms in total. The second kappa shape index (κ2) is 6.88. The molecule has 0 aromatic rings. The number of hydrogen-bond donors (Lipinski definition) is 3. The van der Waals surface area contributed by atoms with Crippen LogP contribution in [0.5, 0.6) is 0 Å². The molecule has 3 N–H and O–H groups in total. The van der Waals surface area contributed by atoms with E-state index in [1.165, 1.54) is 0 Å². The van der Waals surface area contributed by atoms with Gasteiger partial charge in [0.25, 0.3) is 0 Å². The first-order valence-electron chi connectivity index (χ1n) is 5.94. The van der Waals surface area contributed by atoms with Crippen molar-refractivity contribution >= 4 is 17.7 Å². The number of hydrogen-bond acceptors (Lipinski definition) is 3. The summed E-state index contributed by atoms with van der Waals surface area (Å²) in [5, 5.41) is 8.02. The van der Waals surface area contributed by atoms with Gasteiger partial charge in [-0.25, -0.2) is 0 Å². The summed E-state index contributed by atoms with van der Waals surface area (Å²) in [6, 6.07) is 0. The molecule has 0 aromatic heterocycles. The third kappa shape index (κ3) is 4.84. The van der Waals surface area contributed by atoms with Crippen LogP contribution in [0.4, 0.5) is 0 Å². The molecular formula is C11H19N3O3. The summed E-state index contributed by atoms with van der Waals surface area (Å²) in [5.74, 6) is -0.322. The molecule has 17 heavy (non-hydrogen) atoms. The second-order valence-electron chi connectivity index (χ2n) is 4.03. The first-order valence-corrected chi connectivity index (χ1v) is 5.94. The summed E-state index contributed by atoms with van der Waals surface area (Å²) in [6.45, 7) is 3.18. The zero-order chi connectivity index (χ0) is 12.7. The molecule has 1 heterocycles. The number of rotatable bonds is 5. The highest BCUT2D eigenvalue weighted by Gasteiger charge is 2.23. The smallest absolute Gasteiger partial charge is 0.224 e. The Labute approximate surface area is 101 Å². The largest absolute Gasteiger partial charge is 0.356 e. The monoisotopic (exact) mass is 241 g/mol. The van der Waals surface area contributed by atoms with Crippen LogP contribution in [0.2, 0.25) is 0 Å². The molecule has 3 amide bonds. The molecule has 1 atom stereocenters. The van der Waals surface area contributed by atoms with Crippen LogP contribution in [0, 0.1) is 5.92 Å². The van der Waals surface area contributed by atoms with Crippen LogP contribution in [0.1, 0.15) is 26.2 Å². The van der Waals surface area contributed by atoms with Gasteiger partial charge >= 0.3 is 0 Å². The highest BCUT2D eigenvalue weighted by Crippen LogP contribution is 2.10. The van der Waals surface area contributed by atoms with Crippen LogP contribution < -0.4 is 16.0 Å². The maximum atomic E-state index is 11.7. The van der Waals surface area contributed by atoms with Crippen molar-refractivity contribution in [1.82, 2.24) is 16.0 Å². The first kappa shape index (κ1) is 13.5. The minimum Gasteiger partial charge on any atom is -0.356 e. The molecule has 0 radical (unpaired) electrons. The Bertz CT molecular complexity index is 294. The zero-order valence-corrected chi connectivity index (χ0v) is 10.0. The molecule has 1 saturated heterocycles. The summed E-state index contributed by atoms with van der Waals surface area (Å²) >= 11 is 0. The molecule has 1 unspecified atom stereocenters. The van der Waals surface area contributed by atoms with Crippen molar-refractivity contribution in [2.75, 3.05) is 19.6 Å². The Morgan fingerprint density at radius 1 is 1.41 bits per heavy atom. The van der Waals surface area contributed by atoms with Crippen molar-refractivity contribution in [3.8, 4) is 0 Å². The van der Waals surface area contributed by atoms with E-state index in [4.69, 9.17) is 0 Å². The van der Waals surface area contributed by atoms with E-state index in [1.54, 1.807) is 0 Å².